The van der Waals surface area contributed by atoms with Gasteiger partial charge in [-0.3, -0.25) is 0 Å². The SMILES string of the molecule is CC(C)NC(=O)N1CCC[C@H](NS(C)(=O)=O)[C@@H]1CO[C@H]1CC[C@@H](C(C)C)CC1. The average Bonchev–Trinajstić information content (AvgIpc) is 2.58. The van der Waals surface area contributed by atoms with E-state index in [2.05, 4.69) is 23.9 Å². The smallest absolute Gasteiger partial charge is 0.317 e. The molecule has 28 heavy (non-hydrogen) atoms. The highest BCUT2D eigenvalue weighted by molar-refractivity contribution is 7.88. The molecule has 0 bridgehead atoms. The maximum Gasteiger partial charge on any atom is 0.317 e. The predicted octanol–water partition coefficient (Wildman–Crippen LogP) is 2.72. The van der Waals surface area contributed by atoms with Crippen LogP contribution in [0.2, 0.25) is 0 Å². The first-order chi connectivity index (χ1) is 13.1. The van der Waals surface area contributed by atoms with Gasteiger partial charge in [0.2, 0.25) is 10.0 Å². The third-order valence-corrected chi connectivity index (χ3v) is 6.71. The number of rotatable bonds is 7. The van der Waals surface area contributed by atoms with Crippen LogP contribution in [0.25, 0.3) is 0 Å². The van der Waals surface area contributed by atoms with E-state index in [0.717, 1.165) is 25.2 Å². The molecule has 2 fully saturated rings. The lowest BCUT2D eigenvalue weighted by Gasteiger charge is -2.42. The first-order valence-electron chi connectivity index (χ1n) is 10.7. The summed E-state index contributed by atoms with van der Waals surface area (Å²) < 4.78 is 32.6. The maximum atomic E-state index is 12.7. The lowest BCUT2D eigenvalue weighted by molar-refractivity contribution is -0.0242. The molecule has 1 saturated heterocycles. The molecule has 2 N–H and O–H groups in total. The zero-order chi connectivity index (χ0) is 20.9. The van der Waals surface area contributed by atoms with Crippen molar-refractivity contribution in [2.45, 2.75) is 90.4 Å². The molecule has 1 aliphatic heterocycles. The number of carbonyl (C=O) groups excluding carboxylic acids is 1. The van der Waals surface area contributed by atoms with Crippen LogP contribution in [0.15, 0.2) is 0 Å². The Morgan fingerprint density at radius 3 is 2.29 bits per heavy atom. The van der Waals surface area contributed by atoms with Crippen molar-refractivity contribution in [3.8, 4) is 0 Å². The van der Waals surface area contributed by atoms with E-state index in [-0.39, 0.29) is 30.3 Å². The Labute approximate surface area is 171 Å². The molecule has 0 aromatic rings. The summed E-state index contributed by atoms with van der Waals surface area (Å²) in [6.07, 6.45) is 7.29. The molecule has 164 valence electrons. The van der Waals surface area contributed by atoms with E-state index in [1.54, 1.807) is 4.90 Å². The molecule has 8 heteroatoms. The third kappa shape index (κ3) is 7.19. The van der Waals surface area contributed by atoms with Gasteiger partial charge in [-0.1, -0.05) is 13.8 Å². The molecular formula is C20H39N3O4S. The van der Waals surface area contributed by atoms with E-state index in [1.807, 2.05) is 13.8 Å². The van der Waals surface area contributed by atoms with E-state index in [4.69, 9.17) is 4.74 Å². The van der Waals surface area contributed by atoms with Gasteiger partial charge in [0.25, 0.3) is 0 Å². The fourth-order valence-electron chi connectivity index (χ4n) is 4.41. The van der Waals surface area contributed by atoms with Crippen LogP contribution in [0.3, 0.4) is 0 Å². The quantitative estimate of drug-likeness (QED) is 0.667. The van der Waals surface area contributed by atoms with Gasteiger partial charge in [-0.05, 0) is 64.2 Å². The van der Waals surface area contributed by atoms with Crippen LogP contribution in [0.4, 0.5) is 4.79 Å². The predicted molar refractivity (Wildman–Crippen MR) is 112 cm³/mol. The Hall–Kier alpha value is -0.860. The number of hydrogen-bond donors (Lipinski definition) is 2. The number of likely N-dealkylation sites (tertiary alicyclic amines) is 1. The zero-order valence-corrected chi connectivity index (χ0v) is 18.9. The lowest BCUT2D eigenvalue weighted by Crippen LogP contribution is -2.61. The number of carbonyl (C=O) groups is 1. The van der Waals surface area contributed by atoms with E-state index >= 15 is 0 Å². The minimum atomic E-state index is -3.35. The topological polar surface area (TPSA) is 87.7 Å². The molecule has 0 aromatic heterocycles. The molecule has 2 amide bonds. The number of ether oxygens (including phenoxy) is 1. The highest BCUT2D eigenvalue weighted by Gasteiger charge is 2.37. The fraction of sp³-hybridized carbons (Fsp3) is 0.950. The van der Waals surface area contributed by atoms with Gasteiger partial charge in [0.05, 0.1) is 25.0 Å². The summed E-state index contributed by atoms with van der Waals surface area (Å²) in [5.41, 5.74) is 0. The summed E-state index contributed by atoms with van der Waals surface area (Å²) in [5, 5.41) is 2.94. The van der Waals surface area contributed by atoms with Crippen molar-refractivity contribution in [3.05, 3.63) is 0 Å². The number of nitrogens with zero attached hydrogens (tertiary/aromatic N) is 1. The zero-order valence-electron chi connectivity index (χ0n) is 18.1. The molecule has 0 unspecified atom stereocenters. The van der Waals surface area contributed by atoms with Crippen molar-refractivity contribution in [3.63, 3.8) is 0 Å². The number of amides is 2. The largest absolute Gasteiger partial charge is 0.376 e. The van der Waals surface area contributed by atoms with Crippen LogP contribution in [0.5, 0.6) is 0 Å². The minimum absolute atomic E-state index is 0.0311. The Balaban J connectivity index is 2.02. The summed E-state index contributed by atoms with van der Waals surface area (Å²) in [5.74, 6) is 1.47. The van der Waals surface area contributed by atoms with Gasteiger partial charge in [0.15, 0.2) is 0 Å². The van der Waals surface area contributed by atoms with Crippen molar-refractivity contribution < 1.29 is 17.9 Å². The van der Waals surface area contributed by atoms with Crippen LogP contribution in [-0.2, 0) is 14.8 Å². The molecular weight excluding hydrogens is 378 g/mol. The molecule has 0 aromatic carbocycles. The van der Waals surface area contributed by atoms with E-state index in [1.165, 1.54) is 19.1 Å². The Kier molecular flexibility index (Phi) is 8.58. The van der Waals surface area contributed by atoms with Crippen LogP contribution in [0, 0.1) is 11.8 Å². The second-order valence-electron chi connectivity index (χ2n) is 9.12. The van der Waals surface area contributed by atoms with E-state index < -0.39 is 10.0 Å². The standard InChI is InChI=1S/C20H39N3O4S/c1-14(2)16-8-10-17(11-9-16)27-13-19-18(22-28(5,25)26)7-6-12-23(19)20(24)21-15(3)4/h14-19,22H,6-13H2,1-5H3,(H,21,24)/t16-,17+,18-,19-/m0/s1. The molecule has 1 aliphatic carbocycles. The van der Waals surface area contributed by atoms with Gasteiger partial charge < -0.3 is 15.0 Å². The Morgan fingerprint density at radius 2 is 1.75 bits per heavy atom. The normalized spacial score (nSPS) is 29.3. The average molecular weight is 418 g/mol. The van der Waals surface area contributed by atoms with Crippen molar-refractivity contribution in [1.29, 1.82) is 0 Å². The Morgan fingerprint density at radius 1 is 1.11 bits per heavy atom. The Bertz CT molecular complexity index is 601. The summed E-state index contributed by atoms with van der Waals surface area (Å²) in [6, 6.07) is -0.713. The highest BCUT2D eigenvalue weighted by atomic mass is 32.2. The lowest BCUT2D eigenvalue weighted by atomic mass is 9.80. The molecule has 0 radical (unpaired) electrons. The van der Waals surface area contributed by atoms with Crippen LogP contribution < -0.4 is 10.0 Å². The molecule has 0 spiro atoms. The second-order valence-corrected chi connectivity index (χ2v) is 10.9. The van der Waals surface area contributed by atoms with Crippen LogP contribution in [0.1, 0.15) is 66.2 Å². The number of urea groups is 1. The summed E-state index contributed by atoms with van der Waals surface area (Å²) in [6.45, 7) is 9.39. The van der Waals surface area contributed by atoms with E-state index in [0.29, 0.717) is 25.5 Å². The van der Waals surface area contributed by atoms with Crippen molar-refractivity contribution in [2.75, 3.05) is 19.4 Å². The molecule has 7 nitrogen and oxygen atoms in total. The first-order valence-corrected chi connectivity index (χ1v) is 12.6. The van der Waals surface area contributed by atoms with Gasteiger partial charge in [0.1, 0.15) is 0 Å². The number of piperidine rings is 1. The van der Waals surface area contributed by atoms with Crippen molar-refractivity contribution in [2.24, 2.45) is 11.8 Å². The maximum absolute atomic E-state index is 12.7. The van der Waals surface area contributed by atoms with Gasteiger partial charge in [0, 0.05) is 18.6 Å². The number of hydrogen-bond acceptors (Lipinski definition) is 4. The van der Waals surface area contributed by atoms with Crippen LogP contribution in [-0.4, -0.2) is 63.0 Å². The summed E-state index contributed by atoms with van der Waals surface area (Å²) >= 11 is 0. The van der Waals surface area contributed by atoms with Crippen LogP contribution >= 0.6 is 0 Å². The first kappa shape index (κ1) is 23.4. The molecule has 2 rings (SSSR count). The van der Waals surface area contributed by atoms with Gasteiger partial charge in [-0.15, -0.1) is 0 Å². The molecule has 2 aliphatic rings. The number of nitrogens with one attached hydrogen (secondary N) is 2. The van der Waals surface area contributed by atoms with Gasteiger partial charge in [-0.2, -0.15) is 0 Å². The minimum Gasteiger partial charge on any atom is -0.376 e. The molecule has 1 heterocycles. The van der Waals surface area contributed by atoms with E-state index in [9.17, 15) is 13.2 Å². The highest BCUT2D eigenvalue weighted by Crippen LogP contribution is 2.31. The summed E-state index contributed by atoms with van der Waals surface area (Å²) in [7, 11) is -3.35. The van der Waals surface area contributed by atoms with Gasteiger partial charge in [-0.25, -0.2) is 17.9 Å². The molecule has 1 saturated carbocycles. The van der Waals surface area contributed by atoms with Crippen molar-refractivity contribution in [1.82, 2.24) is 14.9 Å². The monoisotopic (exact) mass is 417 g/mol. The summed E-state index contributed by atoms with van der Waals surface area (Å²) in [4.78, 5) is 14.4. The fourth-order valence-corrected chi connectivity index (χ4v) is 5.24. The third-order valence-electron chi connectivity index (χ3n) is 5.98. The van der Waals surface area contributed by atoms with Gasteiger partial charge >= 0.3 is 6.03 Å². The second kappa shape index (κ2) is 10.3. The molecule has 2 atom stereocenters. The van der Waals surface area contributed by atoms with Crippen molar-refractivity contribution >= 4 is 16.1 Å². The number of sulfonamides is 1.